The van der Waals surface area contributed by atoms with Crippen LogP contribution < -0.4 is 26.8 Å². The van der Waals surface area contributed by atoms with Crippen molar-refractivity contribution in [3.05, 3.63) is 147 Å². The number of hydrogen-bond donors (Lipinski definition) is 5. The molecule has 0 aliphatic carbocycles. The fourth-order valence-electron chi connectivity index (χ4n) is 8.98. The zero-order valence-electron chi connectivity index (χ0n) is 39.6. The number of nitrogens with one attached hydrogen (secondary N) is 5. The number of nitrogens with zero attached hydrogens (tertiary/aromatic N) is 7. The van der Waals surface area contributed by atoms with Crippen LogP contribution in [0.5, 0.6) is 0 Å². The van der Waals surface area contributed by atoms with E-state index in [9.17, 15) is 28.4 Å². The van der Waals surface area contributed by atoms with Gasteiger partial charge in [0.25, 0.3) is 17.4 Å². The van der Waals surface area contributed by atoms with Gasteiger partial charge in [-0.1, -0.05) is 55.5 Å². The monoisotopic (exact) mass is 950 g/mol. The van der Waals surface area contributed by atoms with Gasteiger partial charge in [-0.05, 0) is 79.1 Å². The number of pyridine rings is 1. The highest BCUT2D eigenvalue weighted by molar-refractivity contribution is 6.03. The molecule has 70 heavy (non-hydrogen) atoms. The van der Waals surface area contributed by atoms with Crippen LogP contribution in [-0.2, 0) is 29.0 Å². The van der Waals surface area contributed by atoms with Crippen LogP contribution in [0.3, 0.4) is 0 Å². The predicted molar refractivity (Wildman–Crippen MR) is 265 cm³/mol. The van der Waals surface area contributed by atoms with E-state index >= 15 is 0 Å². The molecule has 0 spiro atoms. The first-order valence-corrected chi connectivity index (χ1v) is 23.9. The van der Waals surface area contributed by atoms with Crippen molar-refractivity contribution in [1.29, 1.82) is 0 Å². The van der Waals surface area contributed by atoms with Crippen molar-refractivity contribution in [2.24, 2.45) is 5.92 Å². The molecule has 0 radical (unpaired) electrons. The number of rotatable bonds is 18. The summed E-state index contributed by atoms with van der Waals surface area (Å²) in [5.41, 5.74) is 5.18. The lowest BCUT2D eigenvalue weighted by Crippen LogP contribution is -2.51. The Morgan fingerprint density at radius 3 is 2.36 bits per heavy atom. The van der Waals surface area contributed by atoms with Crippen LogP contribution in [0.1, 0.15) is 69.0 Å². The lowest BCUT2D eigenvalue weighted by atomic mass is 9.95. The largest absolute Gasteiger partial charge is 0.353 e. The maximum absolute atomic E-state index is 14.8. The number of benzene rings is 3. The maximum atomic E-state index is 14.8. The number of aromatic amines is 1. The summed E-state index contributed by atoms with van der Waals surface area (Å²) in [5, 5.41) is 19.5. The van der Waals surface area contributed by atoms with Gasteiger partial charge < -0.3 is 31.1 Å². The molecule has 2 fully saturated rings. The number of piperazine rings is 1. The number of anilines is 1. The Morgan fingerprint density at radius 2 is 1.57 bits per heavy atom. The van der Waals surface area contributed by atoms with E-state index in [1.165, 1.54) is 17.7 Å². The van der Waals surface area contributed by atoms with Gasteiger partial charge in [-0.25, -0.2) is 24.4 Å². The minimum atomic E-state index is -0.665. The molecule has 3 aromatic carbocycles. The number of aromatic nitrogens is 5. The number of aryl methyl sites for hydroxylation is 2. The van der Waals surface area contributed by atoms with Crippen LogP contribution in [0.25, 0.3) is 21.9 Å². The van der Waals surface area contributed by atoms with Gasteiger partial charge in [-0.15, -0.1) is 0 Å². The SMILES string of the molecule is CCc1cccc(-c2cnc(C(=O)N3CCC(CN4CCN(CC(=O)NCCNC(=O)c5cc(Cc6n[nH]c(=O)c7ccccc67)ccc5F)CC4)CC3)c(NC(=O)CNCc3nccc(C)n3)c2)c1. The summed E-state index contributed by atoms with van der Waals surface area (Å²) < 4.78 is 14.8. The molecule has 17 nitrogen and oxygen atoms in total. The molecule has 0 saturated carbocycles. The van der Waals surface area contributed by atoms with Crippen LogP contribution in [-0.4, -0.2) is 135 Å². The van der Waals surface area contributed by atoms with E-state index in [1.807, 2.05) is 42.2 Å². The molecule has 0 bridgehead atoms. The lowest BCUT2D eigenvalue weighted by molar-refractivity contribution is -0.122. The highest BCUT2D eigenvalue weighted by atomic mass is 19.1. The minimum Gasteiger partial charge on any atom is -0.353 e. The predicted octanol–water partition coefficient (Wildman–Crippen LogP) is 4.12. The smallest absolute Gasteiger partial charge is 0.274 e. The molecular weight excluding hydrogens is 892 g/mol. The number of carbonyl (C=O) groups is 4. The number of fused-ring (bicyclic) bond motifs is 1. The lowest BCUT2D eigenvalue weighted by Gasteiger charge is -2.38. The van der Waals surface area contributed by atoms with Crippen molar-refractivity contribution in [1.82, 2.24) is 55.8 Å². The van der Waals surface area contributed by atoms with Gasteiger partial charge in [0.15, 0.2) is 5.69 Å². The molecule has 2 saturated heterocycles. The number of carbonyl (C=O) groups excluding carboxylic acids is 4. The van der Waals surface area contributed by atoms with Crippen LogP contribution in [0.4, 0.5) is 10.1 Å². The fourth-order valence-corrected chi connectivity index (χ4v) is 8.98. The van der Waals surface area contributed by atoms with Crippen molar-refractivity contribution in [2.45, 2.75) is 46.1 Å². The van der Waals surface area contributed by atoms with Crippen LogP contribution in [0.15, 0.2) is 96.1 Å². The third kappa shape index (κ3) is 12.9. The summed E-state index contributed by atoms with van der Waals surface area (Å²) in [6.45, 7) is 9.98. The molecule has 3 aromatic heterocycles. The van der Waals surface area contributed by atoms with E-state index in [1.54, 1.807) is 36.7 Å². The third-order valence-electron chi connectivity index (χ3n) is 12.9. The summed E-state index contributed by atoms with van der Waals surface area (Å²) >= 11 is 0. The van der Waals surface area contributed by atoms with Gasteiger partial charge in [0, 0.05) is 94.4 Å². The summed E-state index contributed by atoms with van der Waals surface area (Å²) in [6.07, 6.45) is 6.21. The molecule has 8 rings (SSSR count). The zero-order valence-corrected chi connectivity index (χ0v) is 39.6. The molecule has 0 atom stereocenters. The van der Waals surface area contributed by atoms with Gasteiger partial charge in [0.2, 0.25) is 11.8 Å². The second-order valence-corrected chi connectivity index (χ2v) is 17.9. The quantitative estimate of drug-likeness (QED) is 0.0772. The van der Waals surface area contributed by atoms with Gasteiger partial charge in [0.1, 0.15) is 11.6 Å². The number of hydrogen-bond acceptors (Lipinski definition) is 12. The maximum Gasteiger partial charge on any atom is 0.274 e. The van der Waals surface area contributed by atoms with Crippen LogP contribution in [0.2, 0.25) is 0 Å². The Morgan fingerprint density at radius 1 is 0.800 bits per heavy atom. The van der Waals surface area contributed by atoms with Crippen LogP contribution >= 0.6 is 0 Å². The molecule has 4 amide bonds. The molecule has 18 heteroatoms. The Bertz CT molecular complexity index is 2900. The third-order valence-corrected chi connectivity index (χ3v) is 12.9. The highest BCUT2D eigenvalue weighted by Gasteiger charge is 2.29. The first kappa shape index (κ1) is 49.2. The first-order valence-electron chi connectivity index (χ1n) is 23.9. The molecule has 5 heterocycles. The van der Waals surface area contributed by atoms with Crippen molar-refractivity contribution in [2.75, 3.05) is 77.3 Å². The first-order chi connectivity index (χ1) is 34.0. The Labute approximate surface area is 405 Å². The number of likely N-dealkylation sites (tertiary alicyclic amines) is 1. The molecular formula is C52H59FN12O5. The second-order valence-electron chi connectivity index (χ2n) is 17.9. The van der Waals surface area contributed by atoms with Gasteiger partial charge in [-0.3, -0.25) is 28.9 Å². The molecule has 0 unspecified atom stereocenters. The van der Waals surface area contributed by atoms with Gasteiger partial charge in [0.05, 0.1) is 42.0 Å². The minimum absolute atomic E-state index is 0.00351. The second kappa shape index (κ2) is 23.3. The number of amides is 4. The van der Waals surface area contributed by atoms with E-state index < -0.39 is 11.7 Å². The Hall–Kier alpha value is -7.28. The molecule has 6 aromatic rings. The van der Waals surface area contributed by atoms with Crippen molar-refractivity contribution < 1.29 is 23.6 Å². The van der Waals surface area contributed by atoms with E-state index in [0.29, 0.717) is 59.1 Å². The molecule has 364 valence electrons. The average Bonchev–Trinajstić information content (AvgIpc) is 3.37. The number of piperidine rings is 1. The van der Waals surface area contributed by atoms with Crippen molar-refractivity contribution in [3.63, 3.8) is 0 Å². The summed E-state index contributed by atoms with van der Waals surface area (Å²) in [4.78, 5) is 85.0. The molecule has 2 aliphatic heterocycles. The van der Waals surface area contributed by atoms with E-state index in [4.69, 9.17) is 0 Å². The molecule has 5 N–H and O–H groups in total. The fraction of sp³-hybridized carbons (Fsp3) is 0.365. The van der Waals surface area contributed by atoms with E-state index in [-0.39, 0.29) is 67.1 Å². The Balaban J connectivity index is 0.759. The van der Waals surface area contributed by atoms with Crippen LogP contribution in [0, 0.1) is 18.7 Å². The summed E-state index contributed by atoms with van der Waals surface area (Å²) in [5.74, 6) is -0.954. The van der Waals surface area contributed by atoms with E-state index in [2.05, 4.69) is 75.3 Å². The Kier molecular flexibility index (Phi) is 16.4. The normalized spacial score (nSPS) is 14.6. The summed E-state index contributed by atoms with van der Waals surface area (Å²) in [6, 6.07) is 23.2. The van der Waals surface area contributed by atoms with E-state index in [0.717, 1.165) is 68.8 Å². The molecule has 2 aliphatic rings. The van der Waals surface area contributed by atoms with Crippen molar-refractivity contribution in [3.8, 4) is 11.1 Å². The summed E-state index contributed by atoms with van der Waals surface area (Å²) in [7, 11) is 0. The highest BCUT2D eigenvalue weighted by Crippen LogP contribution is 2.28. The number of H-pyrrole nitrogens is 1. The van der Waals surface area contributed by atoms with Gasteiger partial charge >= 0.3 is 0 Å². The van der Waals surface area contributed by atoms with Gasteiger partial charge in [-0.2, -0.15) is 5.10 Å². The van der Waals surface area contributed by atoms with Crippen molar-refractivity contribution >= 4 is 40.1 Å². The number of halogens is 1. The standard InChI is InChI=1S/C52H59FN12O5/c1-3-35-7-6-8-38(25-35)39-28-45(60-47(66)31-54-30-46-55-16-13-34(2)59-46)49(58-29-39)52(70)65-19-14-36(15-20-65)32-63-21-23-64(24-22-63)33-48(67)56-17-18-57-50(68)42-26-37(11-12-43(42)53)27-44-40-9-4-5-10-41(40)51(69)62-61-44/h4-13,16,25-26,28-29,36,54H,3,14-15,17-24,27,30-33H2,1-2H3,(H,56,67)(H,57,68)(H,60,66)(H,62,69). The zero-order chi connectivity index (χ0) is 49.0. The average molecular weight is 951 g/mol. The topological polar surface area (TPSA) is 211 Å².